The first-order valence-electron chi connectivity index (χ1n) is 9.37. The maximum atomic E-state index is 13.2. The molecule has 0 aliphatic carbocycles. The van der Waals surface area contributed by atoms with E-state index < -0.39 is 10.0 Å². The monoisotopic (exact) mass is 395 g/mol. The number of nitrogens with one attached hydrogen (secondary N) is 1. The molecule has 0 saturated carbocycles. The lowest BCUT2D eigenvalue weighted by molar-refractivity contribution is -0.137. The van der Waals surface area contributed by atoms with E-state index in [2.05, 4.69) is 5.32 Å². The predicted octanol–water partition coefficient (Wildman–Crippen LogP) is 0.556. The number of hydrogen-bond acceptors (Lipinski definition) is 6. The Hall–Kier alpha value is -1.84. The molecule has 0 spiro atoms. The largest absolute Gasteiger partial charge is 0.454 e. The molecule has 3 heterocycles. The number of nitrogens with zero attached hydrogens (tertiary/aromatic N) is 2. The van der Waals surface area contributed by atoms with Crippen LogP contribution in [0.4, 0.5) is 0 Å². The molecule has 1 N–H and O–H groups in total. The maximum absolute atomic E-state index is 13.2. The lowest BCUT2D eigenvalue weighted by Gasteiger charge is -2.36. The molecule has 1 aromatic rings. The van der Waals surface area contributed by atoms with Crippen LogP contribution in [-0.4, -0.2) is 69.6 Å². The summed E-state index contributed by atoms with van der Waals surface area (Å²) in [5.74, 6) is 0.807. The number of piperidine rings is 1. The summed E-state index contributed by atoms with van der Waals surface area (Å²) >= 11 is 0. The van der Waals surface area contributed by atoms with E-state index in [1.165, 1.54) is 10.4 Å². The molecule has 1 atom stereocenters. The second-order valence-corrected chi connectivity index (χ2v) is 9.15. The first-order valence-corrected chi connectivity index (χ1v) is 10.8. The van der Waals surface area contributed by atoms with Crippen molar-refractivity contribution in [3.8, 4) is 11.5 Å². The minimum Gasteiger partial charge on any atom is -0.454 e. The van der Waals surface area contributed by atoms with Gasteiger partial charge in [-0.2, -0.15) is 4.31 Å². The van der Waals surface area contributed by atoms with E-state index in [1.54, 1.807) is 13.0 Å². The number of amides is 1. The molecule has 0 aromatic heterocycles. The number of ether oxygens (including phenoxy) is 2. The van der Waals surface area contributed by atoms with Crippen LogP contribution in [-0.2, 0) is 14.8 Å². The fraction of sp³-hybridized carbons (Fsp3) is 0.611. The number of aryl methyl sites for hydroxylation is 1. The van der Waals surface area contributed by atoms with Gasteiger partial charge in [0, 0.05) is 45.3 Å². The van der Waals surface area contributed by atoms with Crippen molar-refractivity contribution in [1.82, 2.24) is 14.5 Å². The van der Waals surface area contributed by atoms with Crippen LogP contribution in [0.25, 0.3) is 0 Å². The standard InChI is InChI=1S/C18H25N3O5S/c1-13-9-15-16(26-12-25-15)10-17(13)27(23,24)21-6-2-3-14(11-21)18(22)20-7-4-19-5-8-20/h9-10,14,19H,2-8,11-12H2,1H3. The second-order valence-electron chi connectivity index (χ2n) is 7.25. The van der Waals surface area contributed by atoms with Gasteiger partial charge in [-0.15, -0.1) is 0 Å². The number of carbonyl (C=O) groups is 1. The van der Waals surface area contributed by atoms with Gasteiger partial charge in [-0.1, -0.05) is 0 Å². The number of piperazine rings is 1. The lowest BCUT2D eigenvalue weighted by Crippen LogP contribution is -2.51. The Bertz CT molecular complexity index is 836. The van der Waals surface area contributed by atoms with Crippen molar-refractivity contribution in [3.63, 3.8) is 0 Å². The summed E-state index contributed by atoms with van der Waals surface area (Å²) in [5.41, 5.74) is 0.620. The number of fused-ring (bicyclic) bond motifs is 1. The van der Waals surface area contributed by atoms with Crippen LogP contribution in [0.1, 0.15) is 18.4 Å². The van der Waals surface area contributed by atoms with E-state index in [9.17, 15) is 13.2 Å². The number of carbonyl (C=O) groups excluding carboxylic acids is 1. The van der Waals surface area contributed by atoms with E-state index in [4.69, 9.17) is 9.47 Å². The summed E-state index contributed by atoms with van der Waals surface area (Å²) < 4.78 is 38.6. The lowest BCUT2D eigenvalue weighted by atomic mass is 9.98. The van der Waals surface area contributed by atoms with Crippen LogP contribution >= 0.6 is 0 Å². The minimum atomic E-state index is -3.70. The molecule has 1 amide bonds. The average Bonchev–Trinajstić information content (AvgIpc) is 3.14. The molecule has 9 heteroatoms. The fourth-order valence-electron chi connectivity index (χ4n) is 3.95. The topological polar surface area (TPSA) is 88.2 Å². The van der Waals surface area contributed by atoms with Gasteiger partial charge in [0.25, 0.3) is 0 Å². The molecular weight excluding hydrogens is 370 g/mol. The summed E-state index contributed by atoms with van der Waals surface area (Å²) in [6, 6.07) is 3.23. The number of sulfonamides is 1. The normalized spacial score (nSPS) is 23.4. The highest BCUT2D eigenvalue weighted by atomic mass is 32.2. The van der Waals surface area contributed by atoms with Gasteiger partial charge in [0.2, 0.25) is 22.7 Å². The smallest absolute Gasteiger partial charge is 0.243 e. The zero-order valence-corrected chi connectivity index (χ0v) is 16.3. The summed E-state index contributed by atoms with van der Waals surface area (Å²) in [7, 11) is -3.70. The van der Waals surface area contributed by atoms with Crippen LogP contribution in [0.2, 0.25) is 0 Å². The molecule has 2 saturated heterocycles. The summed E-state index contributed by atoms with van der Waals surface area (Å²) in [4.78, 5) is 14.9. The molecule has 4 rings (SSSR count). The van der Waals surface area contributed by atoms with Crippen molar-refractivity contribution in [2.24, 2.45) is 5.92 Å². The van der Waals surface area contributed by atoms with Crippen LogP contribution in [0.15, 0.2) is 17.0 Å². The highest BCUT2D eigenvalue weighted by Gasteiger charge is 2.36. The number of hydrogen-bond donors (Lipinski definition) is 1. The molecular formula is C18H25N3O5S. The number of benzene rings is 1. The highest BCUT2D eigenvalue weighted by molar-refractivity contribution is 7.89. The molecule has 27 heavy (non-hydrogen) atoms. The molecule has 8 nitrogen and oxygen atoms in total. The molecule has 0 radical (unpaired) electrons. The van der Waals surface area contributed by atoms with Gasteiger partial charge in [0.1, 0.15) is 0 Å². The Morgan fingerprint density at radius 2 is 1.85 bits per heavy atom. The highest BCUT2D eigenvalue weighted by Crippen LogP contribution is 2.37. The van der Waals surface area contributed by atoms with Gasteiger partial charge in [-0.3, -0.25) is 4.79 Å². The second kappa shape index (κ2) is 7.29. The van der Waals surface area contributed by atoms with Crippen LogP contribution in [0.5, 0.6) is 11.5 Å². The Labute approximate surface area is 159 Å². The van der Waals surface area contributed by atoms with Gasteiger partial charge < -0.3 is 19.7 Å². The maximum Gasteiger partial charge on any atom is 0.243 e. The Balaban J connectivity index is 1.54. The molecule has 3 aliphatic rings. The first-order chi connectivity index (χ1) is 13.0. The zero-order valence-electron chi connectivity index (χ0n) is 15.4. The molecule has 1 aromatic carbocycles. The Morgan fingerprint density at radius 3 is 2.59 bits per heavy atom. The van der Waals surface area contributed by atoms with Crippen LogP contribution < -0.4 is 14.8 Å². The van der Waals surface area contributed by atoms with Crippen molar-refractivity contribution in [3.05, 3.63) is 17.7 Å². The third kappa shape index (κ3) is 3.51. The van der Waals surface area contributed by atoms with Gasteiger partial charge in [-0.05, 0) is 31.4 Å². The van der Waals surface area contributed by atoms with Crippen molar-refractivity contribution >= 4 is 15.9 Å². The van der Waals surface area contributed by atoms with Gasteiger partial charge in [0.15, 0.2) is 11.5 Å². The molecule has 0 bridgehead atoms. The van der Waals surface area contributed by atoms with E-state index in [0.29, 0.717) is 43.1 Å². The molecule has 1 unspecified atom stereocenters. The molecule has 148 valence electrons. The average molecular weight is 395 g/mol. The predicted molar refractivity (Wildman–Crippen MR) is 98.2 cm³/mol. The van der Waals surface area contributed by atoms with Crippen molar-refractivity contribution in [1.29, 1.82) is 0 Å². The van der Waals surface area contributed by atoms with E-state index in [1.807, 2.05) is 4.90 Å². The summed E-state index contributed by atoms with van der Waals surface area (Å²) in [6.07, 6.45) is 1.42. The van der Waals surface area contributed by atoms with Crippen molar-refractivity contribution < 1.29 is 22.7 Å². The third-order valence-electron chi connectivity index (χ3n) is 5.45. The first kappa shape index (κ1) is 18.5. The van der Waals surface area contributed by atoms with Gasteiger partial charge in [-0.25, -0.2) is 8.42 Å². The fourth-order valence-corrected chi connectivity index (χ4v) is 5.69. The van der Waals surface area contributed by atoms with E-state index >= 15 is 0 Å². The Kier molecular flexibility index (Phi) is 5.00. The third-order valence-corrected chi connectivity index (χ3v) is 7.46. The molecule has 3 aliphatic heterocycles. The summed E-state index contributed by atoms with van der Waals surface area (Å²) in [6.45, 7) is 5.46. The van der Waals surface area contributed by atoms with Crippen molar-refractivity contribution in [2.75, 3.05) is 46.1 Å². The van der Waals surface area contributed by atoms with E-state index in [0.717, 1.165) is 19.5 Å². The summed E-state index contributed by atoms with van der Waals surface area (Å²) in [5, 5.41) is 3.23. The van der Waals surface area contributed by atoms with Crippen LogP contribution in [0.3, 0.4) is 0 Å². The minimum absolute atomic E-state index is 0.0683. The quantitative estimate of drug-likeness (QED) is 0.805. The van der Waals surface area contributed by atoms with Gasteiger partial charge >= 0.3 is 0 Å². The van der Waals surface area contributed by atoms with E-state index in [-0.39, 0.29) is 30.1 Å². The Morgan fingerprint density at radius 1 is 1.15 bits per heavy atom. The number of rotatable bonds is 3. The van der Waals surface area contributed by atoms with Crippen LogP contribution in [0, 0.1) is 12.8 Å². The zero-order chi connectivity index (χ0) is 19.0. The SMILES string of the molecule is Cc1cc2c(cc1S(=O)(=O)N1CCCC(C(=O)N3CCNCC3)C1)OCO2. The van der Waals surface area contributed by atoms with Gasteiger partial charge in [0.05, 0.1) is 10.8 Å². The molecule has 2 fully saturated rings. The van der Waals surface area contributed by atoms with Crippen molar-refractivity contribution in [2.45, 2.75) is 24.7 Å².